The predicted octanol–water partition coefficient (Wildman–Crippen LogP) is 7.95. The minimum Gasteiger partial charge on any atom is -0.256 e. The van der Waals surface area contributed by atoms with Crippen LogP contribution in [0.2, 0.25) is 0 Å². The molecule has 0 bridgehead atoms. The number of fused-ring (bicyclic) bond motifs is 2. The van der Waals surface area contributed by atoms with Gasteiger partial charge in [-0.1, -0.05) is 60.7 Å². The van der Waals surface area contributed by atoms with Crippen molar-refractivity contribution in [2.45, 2.75) is 0 Å². The predicted molar refractivity (Wildman–Crippen MR) is 150 cm³/mol. The quantitative estimate of drug-likeness (QED) is 0.244. The van der Waals surface area contributed by atoms with E-state index in [9.17, 15) is 0 Å². The van der Waals surface area contributed by atoms with E-state index in [-0.39, 0.29) is 0 Å². The Bertz CT molecular complexity index is 1590. The molecule has 0 saturated carbocycles. The van der Waals surface area contributed by atoms with Gasteiger partial charge in [-0.15, -0.1) is 0 Å². The molecule has 0 spiro atoms. The van der Waals surface area contributed by atoms with Gasteiger partial charge >= 0.3 is 0 Å². The Kier molecular flexibility index (Phi) is 5.83. The Balaban J connectivity index is 1.14. The van der Waals surface area contributed by atoms with Crippen LogP contribution < -0.4 is 0 Å². The zero-order chi connectivity index (χ0) is 24.2. The van der Waals surface area contributed by atoms with Crippen LogP contribution in [0.1, 0.15) is 11.1 Å². The van der Waals surface area contributed by atoms with Crippen molar-refractivity contribution in [3.8, 4) is 11.4 Å². The summed E-state index contributed by atoms with van der Waals surface area (Å²) in [5, 5.41) is 4.77. The number of rotatable bonds is 5. The van der Waals surface area contributed by atoms with Gasteiger partial charge in [0, 0.05) is 35.9 Å². The molecule has 0 radical (unpaired) electrons. The summed E-state index contributed by atoms with van der Waals surface area (Å²) in [6.07, 6.45) is 7.30. The second-order valence-corrected chi connectivity index (χ2v) is 8.53. The molecule has 0 saturated heterocycles. The first kappa shape index (κ1) is 21.6. The van der Waals surface area contributed by atoms with E-state index in [2.05, 4.69) is 68.5 Å². The van der Waals surface area contributed by atoms with Gasteiger partial charge in [0.05, 0.1) is 22.8 Å². The highest BCUT2D eigenvalue weighted by Gasteiger charge is 2.02. The Labute approximate surface area is 209 Å². The van der Waals surface area contributed by atoms with Crippen molar-refractivity contribution in [3.63, 3.8) is 0 Å². The highest BCUT2D eigenvalue weighted by molar-refractivity contribution is 5.89. The average molecular weight is 463 g/mol. The number of hydrogen-bond donors (Lipinski definition) is 0. The molecule has 4 nitrogen and oxygen atoms in total. The van der Waals surface area contributed by atoms with Crippen LogP contribution in [-0.4, -0.2) is 22.4 Å². The summed E-state index contributed by atoms with van der Waals surface area (Å²) in [7, 11) is 0. The first-order valence-corrected chi connectivity index (χ1v) is 11.8. The van der Waals surface area contributed by atoms with Gasteiger partial charge in [-0.3, -0.25) is 20.0 Å². The second kappa shape index (κ2) is 9.72. The SMILES string of the molecule is C(=Nc1ccc2ccccc2c1)c1ccc(-c2ccc(C=Nc3ccc4ccccc4c3)cn2)nc1. The maximum atomic E-state index is 4.61. The molecule has 0 aliphatic rings. The molecule has 6 rings (SSSR count). The number of nitrogens with zero attached hydrogens (tertiary/aromatic N) is 4. The van der Waals surface area contributed by atoms with Gasteiger partial charge in [-0.05, 0) is 70.1 Å². The molecule has 6 aromatic rings. The Hall–Kier alpha value is -4.96. The molecular weight excluding hydrogens is 440 g/mol. The molecule has 36 heavy (non-hydrogen) atoms. The number of benzene rings is 4. The van der Waals surface area contributed by atoms with Gasteiger partial charge in [0.15, 0.2) is 0 Å². The van der Waals surface area contributed by atoms with Crippen LogP contribution in [0.15, 0.2) is 132 Å². The van der Waals surface area contributed by atoms with E-state index >= 15 is 0 Å². The molecule has 170 valence electrons. The third-order valence-electron chi connectivity index (χ3n) is 6.03. The molecule has 2 aromatic heterocycles. The third-order valence-corrected chi connectivity index (χ3v) is 6.03. The van der Waals surface area contributed by atoms with Gasteiger partial charge in [0.25, 0.3) is 0 Å². The minimum atomic E-state index is 0.816. The number of pyridine rings is 2. The first-order valence-electron chi connectivity index (χ1n) is 11.8. The van der Waals surface area contributed by atoms with Gasteiger partial charge in [-0.2, -0.15) is 0 Å². The summed E-state index contributed by atoms with van der Waals surface area (Å²) < 4.78 is 0. The van der Waals surface area contributed by atoms with E-state index in [1.54, 1.807) is 0 Å². The number of aromatic nitrogens is 2. The molecule has 0 fully saturated rings. The molecule has 0 aliphatic heterocycles. The van der Waals surface area contributed by atoms with Crippen molar-refractivity contribution in [3.05, 3.63) is 133 Å². The van der Waals surface area contributed by atoms with Crippen LogP contribution in [0.5, 0.6) is 0 Å². The smallest absolute Gasteiger partial charge is 0.0886 e. The van der Waals surface area contributed by atoms with Crippen LogP contribution in [0.3, 0.4) is 0 Å². The number of aliphatic imine (C=N–C) groups is 2. The lowest BCUT2D eigenvalue weighted by Crippen LogP contribution is -1.91. The highest BCUT2D eigenvalue weighted by Crippen LogP contribution is 2.22. The Morgan fingerprint density at radius 1 is 0.444 bits per heavy atom. The van der Waals surface area contributed by atoms with Crippen LogP contribution in [0.25, 0.3) is 32.9 Å². The summed E-state index contributed by atoms with van der Waals surface area (Å²) in [6, 6.07) is 36.9. The van der Waals surface area contributed by atoms with E-state index in [1.807, 2.05) is 85.5 Å². The van der Waals surface area contributed by atoms with Gasteiger partial charge in [0.2, 0.25) is 0 Å². The van der Waals surface area contributed by atoms with Gasteiger partial charge < -0.3 is 0 Å². The molecule has 0 amide bonds. The number of hydrogen-bond acceptors (Lipinski definition) is 4. The molecule has 0 aliphatic carbocycles. The van der Waals surface area contributed by atoms with Crippen molar-refractivity contribution in [2.75, 3.05) is 0 Å². The van der Waals surface area contributed by atoms with Crippen molar-refractivity contribution >= 4 is 45.3 Å². The summed E-state index contributed by atoms with van der Waals surface area (Å²) in [6.45, 7) is 0. The Morgan fingerprint density at radius 3 is 1.31 bits per heavy atom. The standard InChI is InChI=1S/C32H22N4/c1-3-7-27-17-29(13-11-25(27)5-1)33-19-23-9-15-31(35-21-23)32-16-10-24(22-36-32)20-34-30-14-12-26-6-2-4-8-28(26)18-30/h1-22H. The van der Waals surface area contributed by atoms with Crippen molar-refractivity contribution in [2.24, 2.45) is 9.98 Å². The Morgan fingerprint density at radius 2 is 0.889 bits per heavy atom. The molecule has 4 heteroatoms. The van der Waals surface area contributed by atoms with Crippen molar-refractivity contribution in [1.29, 1.82) is 0 Å². The van der Waals surface area contributed by atoms with Crippen LogP contribution >= 0.6 is 0 Å². The molecule has 2 heterocycles. The zero-order valence-electron chi connectivity index (χ0n) is 19.5. The van der Waals surface area contributed by atoms with Crippen LogP contribution in [0.4, 0.5) is 11.4 Å². The lowest BCUT2D eigenvalue weighted by atomic mass is 10.1. The van der Waals surface area contributed by atoms with Gasteiger partial charge in [-0.25, -0.2) is 0 Å². The molecule has 4 aromatic carbocycles. The van der Waals surface area contributed by atoms with E-state index in [0.29, 0.717) is 0 Å². The van der Waals surface area contributed by atoms with E-state index < -0.39 is 0 Å². The van der Waals surface area contributed by atoms with E-state index in [1.165, 1.54) is 21.5 Å². The topological polar surface area (TPSA) is 50.5 Å². The third kappa shape index (κ3) is 4.79. The fourth-order valence-electron chi connectivity index (χ4n) is 4.08. The molecule has 0 atom stereocenters. The maximum Gasteiger partial charge on any atom is 0.0886 e. The molecule has 0 N–H and O–H groups in total. The second-order valence-electron chi connectivity index (χ2n) is 8.53. The maximum absolute atomic E-state index is 4.61. The van der Waals surface area contributed by atoms with E-state index in [4.69, 9.17) is 0 Å². The normalized spacial score (nSPS) is 11.7. The minimum absolute atomic E-state index is 0.816. The monoisotopic (exact) mass is 462 g/mol. The van der Waals surface area contributed by atoms with E-state index in [0.717, 1.165) is 33.9 Å². The van der Waals surface area contributed by atoms with Crippen LogP contribution in [-0.2, 0) is 0 Å². The van der Waals surface area contributed by atoms with Crippen molar-refractivity contribution < 1.29 is 0 Å². The van der Waals surface area contributed by atoms with Crippen LogP contribution in [0, 0.1) is 0 Å². The highest BCUT2D eigenvalue weighted by atomic mass is 14.8. The van der Waals surface area contributed by atoms with Gasteiger partial charge in [0.1, 0.15) is 0 Å². The average Bonchev–Trinajstić information content (AvgIpc) is 2.95. The summed E-state index contributed by atoms with van der Waals surface area (Å²) in [5.74, 6) is 0. The first-order chi connectivity index (χ1) is 17.8. The fourth-order valence-corrected chi connectivity index (χ4v) is 4.08. The largest absolute Gasteiger partial charge is 0.256 e. The molecule has 0 unspecified atom stereocenters. The lowest BCUT2D eigenvalue weighted by molar-refractivity contribution is 1.24. The summed E-state index contributed by atoms with van der Waals surface area (Å²) in [4.78, 5) is 18.4. The van der Waals surface area contributed by atoms with Crippen molar-refractivity contribution in [1.82, 2.24) is 9.97 Å². The lowest BCUT2D eigenvalue weighted by Gasteiger charge is -2.02. The fraction of sp³-hybridized carbons (Fsp3) is 0. The zero-order valence-corrected chi connectivity index (χ0v) is 19.5. The molecular formula is C32H22N4. The summed E-state index contributed by atoms with van der Waals surface area (Å²) in [5.41, 5.74) is 5.34. The summed E-state index contributed by atoms with van der Waals surface area (Å²) >= 11 is 0.